The summed E-state index contributed by atoms with van der Waals surface area (Å²) in [4.78, 5) is 0. The quantitative estimate of drug-likeness (QED) is 0.705. The molecule has 0 aromatic heterocycles. The SMILES string of the molecule is CCCCCCNc1c(F)cccc1F. The molecule has 15 heavy (non-hydrogen) atoms. The van der Waals surface area contributed by atoms with Gasteiger partial charge in [0.25, 0.3) is 0 Å². The van der Waals surface area contributed by atoms with Crippen molar-refractivity contribution in [1.82, 2.24) is 0 Å². The zero-order valence-electron chi connectivity index (χ0n) is 9.02. The molecule has 3 heteroatoms. The number of anilines is 1. The Bertz CT molecular complexity index is 279. The minimum atomic E-state index is -0.523. The molecule has 0 aliphatic heterocycles. The molecule has 0 bridgehead atoms. The van der Waals surface area contributed by atoms with Crippen LogP contribution in [0.3, 0.4) is 0 Å². The van der Waals surface area contributed by atoms with Gasteiger partial charge in [-0.1, -0.05) is 32.3 Å². The fraction of sp³-hybridized carbons (Fsp3) is 0.500. The Labute approximate surface area is 89.5 Å². The molecule has 1 aromatic carbocycles. The first-order valence-electron chi connectivity index (χ1n) is 5.43. The van der Waals surface area contributed by atoms with E-state index in [9.17, 15) is 8.78 Å². The van der Waals surface area contributed by atoms with Crippen LogP contribution < -0.4 is 5.32 Å². The third-order valence-corrected chi connectivity index (χ3v) is 2.29. The average Bonchev–Trinajstić information content (AvgIpc) is 2.21. The number of rotatable bonds is 6. The van der Waals surface area contributed by atoms with E-state index < -0.39 is 11.6 Å². The molecule has 0 heterocycles. The van der Waals surface area contributed by atoms with Gasteiger partial charge in [0.05, 0.1) is 0 Å². The lowest BCUT2D eigenvalue weighted by molar-refractivity contribution is 0.586. The van der Waals surface area contributed by atoms with Crippen molar-refractivity contribution in [3.63, 3.8) is 0 Å². The van der Waals surface area contributed by atoms with Gasteiger partial charge in [0.1, 0.15) is 17.3 Å². The number of para-hydroxylation sites is 1. The highest BCUT2D eigenvalue weighted by Crippen LogP contribution is 2.17. The summed E-state index contributed by atoms with van der Waals surface area (Å²) in [7, 11) is 0. The fourth-order valence-corrected chi connectivity index (χ4v) is 1.43. The maximum Gasteiger partial charge on any atom is 0.149 e. The summed E-state index contributed by atoms with van der Waals surface area (Å²) in [6.07, 6.45) is 4.37. The van der Waals surface area contributed by atoms with Gasteiger partial charge in [-0.3, -0.25) is 0 Å². The maximum absolute atomic E-state index is 13.1. The van der Waals surface area contributed by atoms with E-state index >= 15 is 0 Å². The zero-order chi connectivity index (χ0) is 11.1. The highest BCUT2D eigenvalue weighted by atomic mass is 19.1. The summed E-state index contributed by atoms with van der Waals surface area (Å²) in [6, 6.07) is 3.89. The summed E-state index contributed by atoms with van der Waals surface area (Å²) >= 11 is 0. The number of hydrogen-bond donors (Lipinski definition) is 1. The van der Waals surface area contributed by atoms with Crippen LogP contribution in [0, 0.1) is 11.6 Å². The number of nitrogens with one attached hydrogen (secondary N) is 1. The predicted octanol–water partition coefficient (Wildman–Crippen LogP) is 3.96. The van der Waals surface area contributed by atoms with Crippen LogP contribution in [-0.4, -0.2) is 6.54 Å². The van der Waals surface area contributed by atoms with Crippen molar-refractivity contribution in [2.75, 3.05) is 11.9 Å². The summed E-state index contributed by atoms with van der Waals surface area (Å²) in [6.45, 7) is 2.75. The highest BCUT2D eigenvalue weighted by molar-refractivity contribution is 5.45. The molecule has 0 amide bonds. The van der Waals surface area contributed by atoms with Gasteiger partial charge in [-0.15, -0.1) is 0 Å². The second-order valence-electron chi connectivity index (χ2n) is 3.58. The molecule has 1 rings (SSSR count). The largest absolute Gasteiger partial charge is 0.380 e. The topological polar surface area (TPSA) is 12.0 Å². The van der Waals surface area contributed by atoms with Crippen LogP contribution in [-0.2, 0) is 0 Å². The Kier molecular flexibility index (Phi) is 5.08. The third kappa shape index (κ3) is 3.86. The Morgan fingerprint density at radius 1 is 1.07 bits per heavy atom. The van der Waals surface area contributed by atoms with Gasteiger partial charge in [0.15, 0.2) is 0 Å². The van der Waals surface area contributed by atoms with Gasteiger partial charge in [0.2, 0.25) is 0 Å². The Morgan fingerprint density at radius 2 is 1.73 bits per heavy atom. The third-order valence-electron chi connectivity index (χ3n) is 2.29. The second-order valence-corrected chi connectivity index (χ2v) is 3.58. The van der Waals surface area contributed by atoms with Gasteiger partial charge in [-0.25, -0.2) is 8.78 Å². The summed E-state index contributed by atoms with van der Waals surface area (Å²) in [5.74, 6) is -1.05. The summed E-state index contributed by atoms with van der Waals surface area (Å²) < 4.78 is 26.2. The Balaban J connectivity index is 2.37. The zero-order valence-corrected chi connectivity index (χ0v) is 9.02. The minimum absolute atomic E-state index is 0.00556. The van der Waals surface area contributed by atoms with Crippen molar-refractivity contribution in [2.24, 2.45) is 0 Å². The van der Waals surface area contributed by atoms with E-state index in [1.54, 1.807) is 0 Å². The highest BCUT2D eigenvalue weighted by Gasteiger charge is 2.06. The molecule has 0 aliphatic carbocycles. The molecule has 1 nitrogen and oxygen atoms in total. The van der Waals surface area contributed by atoms with Crippen molar-refractivity contribution in [3.8, 4) is 0 Å². The van der Waals surface area contributed by atoms with Crippen LogP contribution >= 0.6 is 0 Å². The van der Waals surface area contributed by atoms with Crippen molar-refractivity contribution < 1.29 is 8.78 Å². The normalized spacial score (nSPS) is 10.3. The summed E-state index contributed by atoms with van der Waals surface area (Å²) in [5, 5.41) is 2.79. The first-order valence-corrected chi connectivity index (χ1v) is 5.43. The van der Waals surface area contributed by atoms with Crippen LogP contribution in [0.25, 0.3) is 0 Å². The molecule has 1 N–H and O–H groups in total. The fourth-order valence-electron chi connectivity index (χ4n) is 1.43. The van der Waals surface area contributed by atoms with Crippen molar-refractivity contribution >= 4 is 5.69 Å². The van der Waals surface area contributed by atoms with Gasteiger partial charge >= 0.3 is 0 Å². The molecule has 0 saturated carbocycles. The molecule has 0 saturated heterocycles. The molecule has 1 aromatic rings. The van der Waals surface area contributed by atoms with Gasteiger partial charge in [-0.2, -0.15) is 0 Å². The molecular formula is C12H17F2N. The van der Waals surface area contributed by atoms with Crippen LogP contribution in [0.1, 0.15) is 32.6 Å². The van der Waals surface area contributed by atoms with E-state index in [0.29, 0.717) is 6.54 Å². The Hall–Kier alpha value is -1.12. The number of unbranched alkanes of at least 4 members (excludes halogenated alkanes) is 3. The van der Waals surface area contributed by atoms with Crippen LogP contribution in [0.2, 0.25) is 0 Å². The maximum atomic E-state index is 13.1. The van der Waals surface area contributed by atoms with Crippen LogP contribution in [0.5, 0.6) is 0 Å². The lowest BCUT2D eigenvalue weighted by Gasteiger charge is -2.07. The van der Waals surface area contributed by atoms with E-state index in [2.05, 4.69) is 12.2 Å². The monoisotopic (exact) mass is 213 g/mol. The molecule has 0 radical (unpaired) electrons. The molecule has 84 valence electrons. The van der Waals surface area contributed by atoms with Crippen molar-refractivity contribution in [2.45, 2.75) is 32.6 Å². The van der Waals surface area contributed by atoms with E-state index in [1.165, 1.54) is 24.6 Å². The first-order chi connectivity index (χ1) is 7.25. The lowest BCUT2D eigenvalue weighted by atomic mass is 10.2. The van der Waals surface area contributed by atoms with Gasteiger partial charge in [0, 0.05) is 6.54 Å². The number of halogens is 2. The molecule has 0 unspecified atom stereocenters. The van der Waals surface area contributed by atoms with Gasteiger partial charge in [-0.05, 0) is 18.6 Å². The second kappa shape index (κ2) is 6.38. The van der Waals surface area contributed by atoms with E-state index in [-0.39, 0.29) is 5.69 Å². The van der Waals surface area contributed by atoms with E-state index in [0.717, 1.165) is 19.3 Å². The van der Waals surface area contributed by atoms with Crippen molar-refractivity contribution in [1.29, 1.82) is 0 Å². The smallest absolute Gasteiger partial charge is 0.149 e. The van der Waals surface area contributed by atoms with Crippen LogP contribution in [0.4, 0.5) is 14.5 Å². The number of benzene rings is 1. The molecule has 0 spiro atoms. The van der Waals surface area contributed by atoms with E-state index in [1.807, 2.05) is 0 Å². The average molecular weight is 213 g/mol. The Morgan fingerprint density at radius 3 is 2.33 bits per heavy atom. The number of hydrogen-bond acceptors (Lipinski definition) is 1. The van der Waals surface area contributed by atoms with Crippen LogP contribution in [0.15, 0.2) is 18.2 Å². The predicted molar refractivity (Wildman–Crippen MR) is 59.0 cm³/mol. The lowest BCUT2D eigenvalue weighted by Crippen LogP contribution is -2.05. The first kappa shape index (κ1) is 12.0. The standard InChI is InChI=1S/C12H17F2N/c1-2-3-4-5-9-15-12-10(13)7-6-8-11(12)14/h6-8,15H,2-5,9H2,1H3. The van der Waals surface area contributed by atoms with Crippen molar-refractivity contribution in [3.05, 3.63) is 29.8 Å². The van der Waals surface area contributed by atoms with Gasteiger partial charge < -0.3 is 5.32 Å². The minimum Gasteiger partial charge on any atom is -0.380 e. The molecule has 0 fully saturated rings. The molecular weight excluding hydrogens is 196 g/mol. The summed E-state index contributed by atoms with van der Waals surface area (Å²) in [5.41, 5.74) is -0.00556. The molecule has 0 aliphatic rings. The van der Waals surface area contributed by atoms with E-state index in [4.69, 9.17) is 0 Å². The molecule has 0 atom stereocenters.